The molecule has 3 heterocycles. The maximum absolute atomic E-state index is 12.0. The number of nitrogens with one attached hydrogen (secondary N) is 1. The van der Waals surface area contributed by atoms with Gasteiger partial charge in [-0.3, -0.25) is 9.69 Å². The van der Waals surface area contributed by atoms with Crippen LogP contribution in [0.3, 0.4) is 0 Å². The molecule has 126 valence electrons. The quantitative estimate of drug-likeness (QED) is 0.929. The van der Waals surface area contributed by atoms with Crippen molar-refractivity contribution >= 4 is 22.9 Å². The fourth-order valence-electron chi connectivity index (χ4n) is 3.83. The lowest BCUT2D eigenvalue weighted by Gasteiger charge is -2.46. The number of aryl methyl sites for hydroxylation is 1. The van der Waals surface area contributed by atoms with Crippen molar-refractivity contribution in [3.63, 3.8) is 0 Å². The lowest BCUT2D eigenvalue weighted by Crippen LogP contribution is -2.56. The summed E-state index contributed by atoms with van der Waals surface area (Å²) in [6, 6.07) is 11.3. The number of hydrogen-bond donors (Lipinski definition) is 1. The van der Waals surface area contributed by atoms with E-state index in [2.05, 4.69) is 39.4 Å². The van der Waals surface area contributed by atoms with E-state index < -0.39 is 0 Å². The van der Waals surface area contributed by atoms with Gasteiger partial charge < -0.3 is 10.2 Å². The molecule has 0 saturated carbocycles. The van der Waals surface area contributed by atoms with Gasteiger partial charge in [0.15, 0.2) is 0 Å². The normalized spacial score (nSPS) is 20.3. The lowest BCUT2D eigenvalue weighted by atomic mass is 9.94. The van der Waals surface area contributed by atoms with E-state index >= 15 is 0 Å². The summed E-state index contributed by atoms with van der Waals surface area (Å²) in [6.07, 6.45) is 2.41. The number of amides is 1. The van der Waals surface area contributed by atoms with Crippen molar-refractivity contribution in [2.24, 2.45) is 0 Å². The van der Waals surface area contributed by atoms with Crippen molar-refractivity contribution in [2.45, 2.75) is 18.9 Å². The maximum atomic E-state index is 12.0. The van der Waals surface area contributed by atoms with E-state index in [0.29, 0.717) is 6.04 Å². The third-order valence-electron chi connectivity index (χ3n) is 5.11. The first kappa shape index (κ1) is 15.7. The molecule has 4 nitrogen and oxygen atoms in total. The number of piperazine rings is 1. The second kappa shape index (κ2) is 6.95. The van der Waals surface area contributed by atoms with Gasteiger partial charge in [0.05, 0.1) is 0 Å². The molecule has 1 atom stereocenters. The first-order valence-corrected chi connectivity index (χ1v) is 9.63. The Balaban J connectivity index is 1.29. The standard InChI is InChI=1S/C19H23N3OS/c23-19(16-7-12-24-14-16)20-8-9-21-10-11-22-17(13-21)6-5-15-3-1-2-4-18(15)22/h1-4,7,12,14,17H,5-6,8-11,13H2,(H,20,23). The van der Waals surface area contributed by atoms with E-state index in [0.717, 1.165) is 38.3 Å². The smallest absolute Gasteiger partial charge is 0.252 e. The summed E-state index contributed by atoms with van der Waals surface area (Å²) in [7, 11) is 0. The molecule has 24 heavy (non-hydrogen) atoms. The predicted octanol–water partition coefficient (Wildman–Crippen LogP) is 2.61. The number of benzene rings is 1. The molecule has 2 aliphatic heterocycles. The molecule has 2 aromatic rings. The van der Waals surface area contributed by atoms with Gasteiger partial charge in [-0.05, 0) is 35.9 Å². The molecule has 5 heteroatoms. The first-order valence-electron chi connectivity index (χ1n) is 8.68. The number of thiophene rings is 1. The highest BCUT2D eigenvalue weighted by molar-refractivity contribution is 7.08. The number of carbonyl (C=O) groups is 1. The van der Waals surface area contributed by atoms with Gasteiger partial charge in [0.2, 0.25) is 0 Å². The monoisotopic (exact) mass is 341 g/mol. The van der Waals surface area contributed by atoms with Gasteiger partial charge in [0.1, 0.15) is 0 Å². The lowest BCUT2D eigenvalue weighted by molar-refractivity contribution is 0.0946. The Morgan fingerprint density at radius 3 is 3.04 bits per heavy atom. The van der Waals surface area contributed by atoms with Crippen LogP contribution in [0.5, 0.6) is 0 Å². The zero-order valence-electron chi connectivity index (χ0n) is 13.8. The van der Waals surface area contributed by atoms with Crippen molar-refractivity contribution in [1.82, 2.24) is 10.2 Å². The van der Waals surface area contributed by atoms with E-state index in [9.17, 15) is 4.79 Å². The molecule has 1 fully saturated rings. The summed E-state index contributed by atoms with van der Waals surface area (Å²) in [5.41, 5.74) is 3.69. The minimum Gasteiger partial charge on any atom is -0.366 e. The van der Waals surface area contributed by atoms with Crippen molar-refractivity contribution in [3.05, 3.63) is 52.2 Å². The van der Waals surface area contributed by atoms with Gasteiger partial charge in [0.25, 0.3) is 5.91 Å². The Kier molecular flexibility index (Phi) is 4.54. The van der Waals surface area contributed by atoms with Crippen molar-refractivity contribution < 1.29 is 4.79 Å². The maximum Gasteiger partial charge on any atom is 0.252 e. The summed E-state index contributed by atoms with van der Waals surface area (Å²) in [4.78, 5) is 17.1. The largest absolute Gasteiger partial charge is 0.366 e. The molecular weight excluding hydrogens is 318 g/mol. The zero-order chi connectivity index (χ0) is 16.4. The van der Waals surface area contributed by atoms with Gasteiger partial charge in [0, 0.05) is 55.4 Å². The minimum absolute atomic E-state index is 0.0430. The third-order valence-corrected chi connectivity index (χ3v) is 5.79. The number of para-hydroxylation sites is 1. The number of rotatable bonds is 4. The van der Waals surface area contributed by atoms with Crippen LogP contribution in [0.4, 0.5) is 5.69 Å². The minimum atomic E-state index is 0.0430. The fraction of sp³-hybridized carbons (Fsp3) is 0.421. The summed E-state index contributed by atoms with van der Waals surface area (Å²) >= 11 is 1.56. The molecule has 0 radical (unpaired) electrons. The molecule has 2 aliphatic rings. The summed E-state index contributed by atoms with van der Waals surface area (Å²) in [5, 5.41) is 6.87. The number of carbonyl (C=O) groups excluding carboxylic acids is 1. The SMILES string of the molecule is O=C(NCCN1CCN2c3ccccc3CCC2C1)c1ccsc1. The Morgan fingerprint density at radius 1 is 1.25 bits per heavy atom. The van der Waals surface area contributed by atoms with Gasteiger partial charge >= 0.3 is 0 Å². The van der Waals surface area contributed by atoms with E-state index in [1.54, 1.807) is 11.3 Å². The molecule has 0 bridgehead atoms. The van der Waals surface area contributed by atoms with Crippen LogP contribution in [0.2, 0.25) is 0 Å². The highest BCUT2D eigenvalue weighted by atomic mass is 32.1. The van der Waals surface area contributed by atoms with Crippen LogP contribution in [0.25, 0.3) is 0 Å². The molecule has 0 aliphatic carbocycles. The van der Waals surface area contributed by atoms with E-state index in [-0.39, 0.29) is 5.91 Å². The van der Waals surface area contributed by atoms with Crippen LogP contribution in [0.1, 0.15) is 22.3 Å². The molecule has 1 amide bonds. The second-order valence-corrected chi connectivity index (χ2v) is 7.36. The highest BCUT2D eigenvalue weighted by Crippen LogP contribution is 2.32. The number of anilines is 1. The highest BCUT2D eigenvalue weighted by Gasteiger charge is 2.31. The first-order chi connectivity index (χ1) is 11.8. The van der Waals surface area contributed by atoms with Crippen LogP contribution >= 0.6 is 11.3 Å². The zero-order valence-corrected chi connectivity index (χ0v) is 14.6. The van der Waals surface area contributed by atoms with Crippen LogP contribution in [-0.4, -0.2) is 49.6 Å². The molecule has 1 aromatic carbocycles. The van der Waals surface area contributed by atoms with Crippen LogP contribution in [0.15, 0.2) is 41.1 Å². The molecule has 4 rings (SSSR count). The number of hydrogen-bond acceptors (Lipinski definition) is 4. The number of nitrogens with zero attached hydrogens (tertiary/aromatic N) is 2. The summed E-state index contributed by atoms with van der Waals surface area (Å²) in [6.45, 7) is 4.90. The van der Waals surface area contributed by atoms with E-state index in [1.165, 1.54) is 24.1 Å². The molecule has 1 unspecified atom stereocenters. The van der Waals surface area contributed by atoms with Gasteiger partial charge in [-0.2, -0.15) is 11.3 Å². The summed E-state index contributed by atoms with van der Waals surface area (Å²) < 4.78 is 0. The van der Waals surface area contributed by atoms with Crippen molar-refractivity contribution in [3.8, 4) is 0 Å². The molecule has 1 N–H and O–H groups in total. The Hall–Kier alpha value is -1.85. The average Bonchev–Trinajstić information content (AvgIpc) is 3.16. The summed E-state index contributed by atoms with van der Waals surface area (Å²) in [5.74, 6) is 0.0430. The fourth-order valence-corrected chi connectivity index (χ4v) is 4.47. The van der Waals surface area contributed by atoms with Crippen molar-refractivity contribution in [2.75, 3.05) is 37.6 Å². The topological polar surface area (TPSA) is 35.6 Å². The third kappa shape index (κ3) is 3.19. The molecular formula is C19H23N3OS. The second-order valence-electron chi connectivity index (χ2n) is 6.58. The van der Waals surface area contributed by atoms with Gasteiger partial charge in [-0.25, -0.2) is 0 Å². The van der Waals surface area contributed by atoms with Crippen LogP contribution in [0, 0.1) is 0 Å². The van der Waals surface area contributed by atoms with Crippen molar-refractivity contribution in [1.29, 1.82) is 0 Å². The van der Waals surface area contributed by atoms with Crippen LogP contribution < -0.4 is 10.2 Å². The molecule has 1 aromatic heterocycles. The molecule has 1 saturated heterocycles. The Morgan fingerprint density at radius 2 is 2.17 bits per heavy atom. The Labute approximate surface area is 147 Å². The van der Waals surface area contributed by atoms with E-state index in [4.69, 9.17) is 0 Å². The van der Waals surface area contributed by atoms with E-state index in [1.807, 2.05) is 16.8 Å². The molecule has 0 spiro atoms. The predicted molar refractivity (Wildman–Crippen MR) is 99.0 cm³/mol. The number of fused-ring (bicyclic) bond motifs is 3. The van der Waals surface area contributed by atoms with Crippen LogP contribution in [-0.2, 0) is 6.42 Å². The average molecular weight is 341 g/mol. The Bertz CT molecular complexity index is 700. The van der Waals surface area contributed by atoms with Gasteiger partial charge in [-0.1, -0.05) is 18.2 Å². The van der Waals surface area contributed by atoms with Gasteiger partial charge in [-0.15, -0.1) is 0 Å².